The van der Waals surface area contributed by atoms with Gasteiger partial charge in [-0.25, -0.2) is 4.79 Å². The molecule has 1 heterocycles. The van der Waals surface area contributed by atoms with Crippen LogP contribution in [0.3, 0.4) is 0 Å². The maximum absolute atomic E-state index is 12.9. The normalized spacial score (nSPS) is 10.7. The van der Waals surface area contributed by atoms with Crippen molar-refractivity contribution in [3.63, 3.8) is 0 Å². The van der Waals surface area contributed by atoms with Gasteiger partial charge in [0.25, 0.3) is 5.56 Å². The van der Waals surface area contributed by atoms with Crippen molar-refractivity contribution in [1.29, 1.82) is 0 Å². The summed E-state index contributed by atoms with van der Waals surface area (Å²) in [6.07, 6.45) is 3.53. The number of unbranched alkanes of at least 4 members (excludes halogenated alkanes) is 2. The third-order valence-electron chi connectivity index (χ3n) is 4.45. The minimum atomic E-state index is -0.633. The molecule has 0 spiro atoms. The van der Waals surface area contributed by atoms with Crippen LogP contribution in [0.5, 0.6) is 0 Å². The number of carbonyl (C=O) groups is 1. The summed E-state index contributed by atoms with van der Waals surface area (Å²) in [6, 6.07) is 9.41. The van der Waals surface area contributed by atoms with E-state index in [-0.39, 0.29) is 24.0 Å². The van der Waals surface area contributed by atoms with Gasteiger partial charge in [-0.3, -0.25) is 19.1 Å². The number of aromatic amines is 1. The number of anilines is 2. The number of benzene rings is 1. The van der Waals surface area contributed by atoms with Gasteiger partial charge < -0.3 is 10.6 Å². The number of carbonyl (C=O) groups excluding carboxylic acids is 1. The van der Waals surface area contributed by atoms with Crippen LogP contribution in [0.1, 0.15) is 51.5 Å². The van der Waals surface area contributed by atoms with E-state index in [9.17, 15) is 14.4 Å². The van der Waals surface area contributed by atoms with Gasteiger partial charge in [-0.2, -0.15) is 0 Å². The van der Waals surface area contributed by atoms with Crippen molar-refractivity contribution in [3.05, 3.63) is 56.7 Å². The van der Waals surface area contributed by atoms with Crippen LogP contribution in [0.15, 0.2) is 39.9 Å². The molecule has 0 atom stereocenters. The third-order valence-corrected chi connectivity index (χ3v) is 4.45. The Morgan fingerprint density at radius 1 is 1.11 bits per heavy atom. The van der Waals surface area contributed by atoms with Crippen LogP contribution in [-0.2, 0) is 17.9 Å². The summed E-state index contributed by atoms with van der Waals surface area (Å²) in [6.45, 7) is 4.63. The van der Waals surface area contributed by atoms with Crippen LogP contribution < -0.4 is 21.9 Å². The molecule has 0 radical (unpaired) electrons. The Morgan fingerprint density at radius 3 is 2.41 bits per heavy atom. The molecule has 0 aliphatic heterocycles. The summed E-state index contributed by atoms with van der Waals surface area (Å²) in [4.78, 5) is 41.3. The Bertz CT molecular complexity index is 871. The lowest BCUT2D eigenvalue weighted by Gasteiger charge is -2.24. The number of nitrogens with one attached hydrogen (secondary N) is 1. The Morgan fingerprint density at radius 2 is 1.78 bits per heavy atom. The number of rotatable bonds is 9. The van der Waals surface area contributed by atoms with E-state index < -0.39 is 11.2 Å². The number of nitrogens with two attached hydrogens (primary N) is 1. The fourth-order valence-electron chi connectivity index (χ4n) is 2.90. The number of hydrogen-bond donors (Lipinski definition) is 2. The molecule has 0 saturated heterocycles. The Kier molecular flexibility index (Phi) is 7.40. The van der Waals surface area contributed by atoms with Gasteiger partial charge in [0.2, 0.25) is 5.91 Å². The predicted octanol–water partition coefficient (Wildman–Crippen LogP) is 2.64. The van der Waals surface area contributed by atoms with Crippen molar-refractivity contribution in [2.45, 2.75) is 59.0 Å². The highest BCUT2D eigenvalue weighted by Crippen LogP contribution is 2.21. The van der Waals surface area contributed by atoms with Gasteiger partial charge in [0, 0.05) is 13.0 Å². The molecule has 0 unspecified atom stereocenters. The van der Waals surface area contributed by atoms with E-state index in [2.05, 4.69) is 4.98 Å². The molecule has 1 aromatic heterocycles. The largest absolute Gasteiger partial charge is 0.383 e. The minimum Gasteiger partial charge on any atom is -0.383 e. The first-order chi connectivity index (χ1) is 13.0. The first-order valence-corrected chi connectivity index (χ1v) is 9.46. The molecule has 0 fully saturated rings. The average molecular weight is 372 g/mol. The van der Waals surface area contributed by atoms with Crippen LogP contribution in [0.2, 0.25) is 0 Å². The maximum Gasteiger partial charge on any atom is 0.330 e. The summed E-state index contributed by atoms with van der Waals surface area (Å²) in [5.41, 5.74) is 5.95. The van der Waals surface area contributed by atoms with Crippen molar-refractivity contribution < 1.29 is 4.79 Å². The lowest BCUT2D eigenvalue weighted by atomic mass is 10.1. The van der Waals surface area contributed by atoms with Crippen molar-refractivity contribution in [3.8, 4) is 0 Å². The van der Waals surface area contributed by atoms with Gasteiger partial charge in [-0.15, -0.1) is 0 Å². The zero-order chi connectivity index (χ0) is 19.8. The first kappa shape index (κ1) is 20.5. The monoisotopic (exact) mass is 372 g/mol. The van der Waals surface area contributed by atoms with E-state index in [1.807, 2.05) is 44.2 Å². The van der Waals surface area contributed by atoms with E-state index >= 15 is 0 Å². The number of amides is 1. The first-order valence-electron chi connectivity index (χ1n) is 9.46. The number of hydrogen-bond acceptors (Lipinski definition) is 4. The van der Waals surface area contributed by atoms with Crippen molar-refractivity contribution >= 4 is 17.4 Å². The van der Waals surface area contributed by atoms with E-state index in [1.165, 1.54) is 9.47 Å². The molecule has 27 heavy (non-hydrogen) atoms. The smallest absolute Gasteiger partial charge is 0.330 e. The van der Waals surface area contributed by atoms with Crippen molar-refractivity contribution in [2.75, 3.05) is 10.6 Å². The van der Waals surface area contributed by atoms with Gasteiger partial charge in [0.05, 0.1) is 6.54 Å². The average Bonchev–Trinajstić information content (AvgIpc) is 2.65. The Balaban J connectivity index is 2.52. The highest BCUT2D eigenvalue weighted by Gasteiger charge is 2.24. The summed E-state index contributed by atoms with van der Waals surface area (Å²) in [5, 5.41) is 0. The summed E-state index contributed by atoms with van der Waals surface area (Å²) in [7, 11) is 0. The molecule has 7 nitrogen and oxygen atoms in total. The van der Waals surface area contributed by atoms with E-state index in [1.54, 1.807) is 0 Å². The van der Waals surface area contributed by atoms with Gasteiger partial charge >= 0.3 is 5.69 Å². The number of nitrogens with zero attached hydrogens (tertiary/aromatic N) is 2. The van der Waals surface area contributed by atoms with E-state index in [4.69, 9.17) is 5.73 Å². The molecule has 0 saturated carbocycles. The second-order valence-electron chi connectivity index (χ2n) is 6.57. The van der Waals surface area contributed by atoms with Crippen LogP contribution in [-0.4, -0.2) is 15.5 Å². The van der Waals surface area contributed by atoms with E-state index in [0.717, 1.165) is 31.2 Å². The molecule has 2 aromatic rings. The Labute approximate surface area is 158 Å². The number of H-pyrrole nitrogens is 1. The number of aromatic nitrogens is 2. The maximum atomic E-state index is 12.9. The lowest BCUT2D eigenvalue weighted by molar-refractivity contribution is -0.118. The minimum absolute atomic E-state index is 0.0398. The lowest BCUT2D eigenvalue weighted by Crippen LogP contribution is -2.40. The summed E-state index contributed by atoms with van der Waals surface area (Å²) in [5.74, 6) is -0.142. The van der Waals surface area contributed by atoms with Gasteiger partial charge in [-0.1, -0.05) is 57.0 Å². The Hall–Kier alpha value is -2.83. The molecule has 3 N–H and O–H groups in total. The molecule has 1 amide bonds. The molecule has 0 aliphatic carbocycles. The molecule has 0 bridgehead atoms. The molecular weight excluding hydrogens is 344 g/mol. The quantitative estimate of drug-likeness (QED) is 0.706. The summed E-state index contributed by atoms with van der Waals surface area (Å²) >= 11 is 0. The zero-order valence-electron chi connectivity index (χ0n) is 16.0. The molecule has 7 heteroatoms. The SMILES string of the molecule is CCCCC(=O)N(Cc1ccccc1)c1c(N)n(CCCC)c(=O)[nH]c1=O. The second kappa shape index (κ2) is 9.75. The van der Waals surface area contributed by atoms with Gasteiger partial charge in [-0.05, 0) is 18.4 Å². The highest BCUT2D eigenvalue weighted by molar-refractivity contribution is 5.95. The highest BCUT2D eigenvalue weighted by atomic mass is 16.2. The molecule has 2 rings (SSSR count). The molecular formula is C20H28N4O3. The fraction of sp³-hybridized carbons (Fsp3) is 0.450. The third kappa shape index (κ3) is 5.09. The molecule has 0 aliphatic rings. The molecule has 146 valence electrons. The van der Waals surface area contributed by atoms with Gasteiger partial charge in [0.15, 0.2) is 5.69 Å². The van der Waals surface area contributed by atoms with Crippen LogP contribution in [0.25, 0.3) is 0 Å². The zero-order valence-corrected chi connectivity index (χ0v) is 16.0. The van der Waals surface area contributed by atoms with Crippen molar-refractivity contribution in [2.24, 2.45) is 0 Å². The standard InChI is InChI=1S/C20H28N4O3/c1-3-5-12-16(25)24(14-15-10-8-7-9-11-15)17-18(21)23(13-6-4-2)20(27)22-19(17)26/h7-11H,3-6,12-14,21H2,1-2H3,(H,22,26,27). The van der Waals surface area contributed by atoms with Gasteiger partial charge in [0.1, 0.15) is 5.82 Å². The topological polar surface area (TPSA) is 101 Å². The fourth-order valence-corrected chi connectivity index (χ4v) is 2.90. The predicted molar refractivity (Wildman–Crippen MR) is 108 cm³/mol. The summed E-state index contributed by atoms with van der Waals surface area (Å²) < 4.78 is 1.34. The van der Waals surface area contributed by atoms with Crippen LogP contribution in [0, 0.1) is 0 Å². The van der Waals surface area contributed by atoms with Crippen molar-refractivity contribution in [1.82, 2.24) is 9.55 Å². The number of nitrogen functional groups attached to an aromatic ring is 1. The van der Waals surface area contributed by atoms with Crippen LogP contribution in [0.4, 0.5) is 11.5 Å². The van der Waals surface area contributed by atoms with E-state index in [0.29, 0.717) is 13.0 Å². The van der Waals surface area contributed by atoms with Crippen LogP contribution >= 0.6 is 0 Å². The second-order valence-corrected chi connectivity index (χ2v) is 6.57. The molecule has 1 aromatic carbocycles.